The maximum atomic E-state index is 11.0. The summed E-state index contributed by atoms with van der Waals surface area (Å²) in [5.74, 6) is -0.162. The standard InChI is InChI=1S/C14H15N3O3S/c18-13(19)10-4-1-3-9(7-10)8-17-12(15-16-14(17)21)11-5-2-6-20-11/h1,3-4,7,11H,2,5-6,8H2,(H,16,21)(H,18,19). The lowest BCUT2D eigenvalue weighted by molar-refractivity contribution is 0.0696. The third-order valence-electron chi connectivity index (χ3n) is 3.52. The van der Waals surface area contributed by atoms with E-state index in [2.05, 4.69) is 10.2 Å². The zero-order valence-corrected chi connectivity index (χ0v) is 12.1. The van der Waals surface area contributed by atoms with E-state index in [1.165, 1.54) is 0 Å². The first-order valence-corrected chi connectivity index (χ1v) is 7.15. The number of aromatic nitrogens is 3. The average molecular weight is 305 g/mol. The molecular formula is C14H15N3O3S. The second-order valence-corrected chi connectivity index (χ2v) is 5.37. The predicted octanol–water partition coefficient (Wildman–Crippen LogP) is 2.54. The number of aromatic amines is 1. The second kappa shape index (κ2) is 5.79. The molecule has 0 saturated carbocycles. The van der Waals surface area contributed by atoms with Gasteiger partial charge in [0.1, 0.15) is 6.10 Å². The maximum absolute atomic E-state index is 11.0. The zero-order valence-electron chi connectivity index (χ0n) is 11.3. The van der Waals surface area contributed by atoms with Crippen molar-refractivity contribution in [2.45, 2.75) is 25.5 Å². The van der Waals surface area contributed by atoms with E-state index in [0.717, 1.165) is 30.8 Å². The molecule has 2 aromatic rings. The Morgan fingerprint density at radius 2 is 2.43 bits per heavy atom. The molecule has 1 unspecified atom stereocenters. The van der Waals surface area contributed by atoms with E-state index in [1.807, 2.05) is 10.6 Å². The first-order valence-electron chi connectivity index (χ1n) is 6.74. The summed E-state index contributed by atoms with van der Waals surface area (Å²) in [5, 5.41) is 16.1. The topological polar surface area (TPSA) is 80.1 Å². The number of carboxylic acids is 1. The molecule has 0 bridgehead atoms. The molecule has 1 aliphatic heterocycles. The third-order valence-corrected chi connectivity index (χ3v) is 3.83. The molecule has 110 valence electrons. The molecule has 3 rings (SSSR count). The first kappa shape index (κ1) is 14.0. The van der Waals surface area contributed by atoms with Crippen LogP contribution in [-0.2, 0) is 11.3 Å². The molecule has 21 heavy (non-hydrogen) atoms. The molecule has 1 atom stereocenters. The van der Waals surface area contributed by atoms with Gasteiger partial charge in [-0.15, -0.1) is 0 Å². The molecule has 6 nitrogen and oxygen atoms in total. The monoisotopic (exact) mass is 305 g/mol. The van der Waals surface area contributed by atoms with Crippen molar-refractivity contribution in [1.82, 2.24) is 14.8 Å². The summed E-state index contributed by atoms with van der Waals surface area (Å²) in [6.45, 7) is 1.21. The molecule has 2 N–H and O–H groups in total. The van der Waals surface area contributed by atoms with Gasteiger partial charge in [-0.1, -0.05) is 12.1 Å². The van der Waals surface area contributed by atoms with Crippen molar-refractivity contribution in [2.24, 2.45) is 0 Å². The Morgan fingerprint density at radius 1 is 1.57 bits per heavy atom. The van der Waals surface area contributed by atoms with E-state index in [9.17, 15) is 4.79 Å². The Bertz CT molecular complexity index is 716. The summed E-state index contributed by atoms with van der Waals surface area (Å²) in [4.78, 5) is 11.0. The van der Waals surface area contributed by atoms with Gasteiger partial charge in [0, 0.05) is 6.61 Å². The molecule has 1 saturated heterocycles. The highest BCUT2D eigenvalue weighted by molar-refractivity contribution is 7.71. The fourth-order valence-electron chi connectivity index (χ4n) is 2.50. The number of ether oxygens (including phenoxy) is 1. The van der Waals surface area contributed by atoms with Crippen LogP contribution in [0.4, 0.5) is 0 Å². The van der Waals surface area contributed by atoms with E-state index >= 15 is 0 Å². The molecule has 7 heteroatoms. The highest BCUT2D eigenvalue weighted by Crippen LogP contribution is 2.27. The van der Waals surface area contributed by atoms with Gasteiger partial charge in [0.15, 0.2) is 10.6 Å². The quantitative estimate of drug-likeness (QED) is 0.849. The highest BCUT2D eigenvalue weighted by Gasteiger charge is 2.23. The van der Waals surface area contributed by atoms with E-state index in [1.54, 1.807) is 18.2 Å². The number of aromatic carboxylic acids is 1. The lowest BCUT2D eigenvalue weighted by Crippen LogP contribution is -2.10. The van der Waals surface area contributed by atoms with Crippen molar-refractivity contribution in [2.75, 3.05) is 6.61 Å². The smallest absolute Gasteiger partial charge is 0.335 e. The Hall–Kier alpha value is -1.99. The van der Waals surface area contributed by atoms with Crippen LogP contribution in [0.15, 0.2) is 24.3 Å². The van der Waals surface area contributed by atoms with Crippen LogP contribution in [0.1, 0.15) is 40.7 Å². The Kier molecular flexibility index (Phi) is 3.85. The molecule has 1 aromatic carbocycles. The minimum atomic E-state index is -0.938. The summed E-state index contributed by atoms with van der Waals surface area (Å²) >= 11 is 5.26. The van der Waals surface area contributed by atoms with Crippen LogP contribution in [0.5, 0.6) is 0 Å². The van der Waals surface area contributed by atoms with Crippen LogP contribution in [0, 0.1) is 4.77 Å². The summed E-state index contributed by atoms with van der Waals surface area (Å²) in [5.41, 5.74) is 1.13. The van der Waals surface area contributed by atoms with Crippen LogP contribution in [0.25, 0.3) is 0 Å². The Labute approximate surface area is 126 Å². The van der Waals surface area contributed by atoms with Crippen molar-refractivity contribution in [3.05, 3.63) is 46.0 Å². The number of H-pyrrole nitrogens is 1. The number of carbonyl (C=O) groups is 1. The van der Waals surface area contributed by atoms with Gasteiger partial charge in [0.05, 0.1) is 12.1 Å². The summed E-state index contributed by atoms with van der Waals surface area (Å²) < 4.78 is 8.03. The maximum Gasteiger partial charge on any atom is 0.335 e. The Balaban J connectivity index is 1.91. The molecule has 0 amide bonds. The third kappa shape index (κ3) is 2.88. The highest BCUT2D eigenvalue weighted by atomic mass is 32.1. The van der Waals surface area contributed by atoms with Gasteiger partial charge in [-0.2, -0.15) is 5.10 Å². The van der Waals surface area contributed by atoms with Gasteiger partial charge >= 0.3 is 5.97 Å². The minimum Gasteiger partial charge on any atom is -0.478 e. The minimum absolute atomic E-state index is 0.0411. The van der Waals surface area contributed by atoms with Gasteiger partial charge in [0.25, 0.3) is 0 Å². The van der Waals surface area contributed by atoms with E-state index in [-0.39, 0.29) is 11.7 Å². The number of rotatable bonds is 4. The number of hydrogen-bond donors (Lipinski definition) is 2. The lowest BCUT2D eigenvalue weighted by atomic mass is 10.1. The number of hydrogen-bond acceptors (Lipinski definition) is 4. The van der Waals surface area contributed by atoms with Crippen LogP contribution in [0.3, 0.4) is 0 Å². The summed E-state index contributed by atoms with van der Waals surface area (Å²) in [6.07, 6.45) is 1.90. The van der Waals surface area contributed by atoms with Crippen LogP contribution < -0.4 is 0 Å². The molecule has 1 aliphatic rings. The number of carboxylic acid groups (broad SMARTS) is 1. The van der Waals surface area contributed by atoms with E-state index < -0.39 is 5.97 Å². The average Bonchev–Trinajstić information content (AvgIpc) is 3.10. The molecule has 0 radical (unpaired) electrons. The molecule has 1 fully saturated rings. The van der Waals surface area contributed by atoms with E-state index in [0.29, 0.717) is 11.3 Å². The van der Waals surface area contributed by atoms with Gasteiger partial charge in [-0.25, -0.2) is 4.79 Å². The number of nitrogens with zero attached hydrogens (tertiary/aromatic N) is 2. The SMILES string of the molecule is O=C(O)c1cccc(Cn2c(C3CCCO3)n[nH]c2=S)c1. The molecular weight excluding hydrogens is 290 g/mol. The largest absolute Gasteiger partial charge is 0.478 e. The van der Waals surface area contributed by atoms with Gasteiger partial charge in [-0.3, -0.25) is 9.67 Å². The number of nitrogens with one attached hydrogen (secondary N) is 1. The summed E-state index contributed by atoms with van der Waals surface area (Å²) in [6, 6.07) is 6.83. The molecule has 1 aromatic heterocycles. The van der Waals surface area contributed by atoms with Crippen LogP contribution in [0.2, 0.25) is 0 Å². The van der Waals surface area contributed by atoms with Crippen molar-refractivity contribution in [3.8, 4) is 0 Å². The van der Waals surface area contributed by atoms with Crippen molar-refractivity contribution in [3.63, 3.8) is 0 Å². The van der Waals surface area contributed by atoms with Crippen LogP contribution in [-0.4, -0.2) is 32.4 Å². The first-order chi connectivity index (χ1) is 10.1. The zero-order chi connectivity index (χ0) is 14.8. The van der Waals surface area contributed by atoms with Crippen molar-refractivity contribution >= 4 is 18.2 Å². The normalized spacial score (nSPS) is 18.0. The molecule has 0 aliphatic carbocycles. The van der Waals surface area contributed by atoms with Gasteiger partial charge < -0.3 is 9.84 Å². The number of benzene rings is 1. The lowest BCUT2D eigenvalue weighted by Gasteiger charge is -2.12. The Morgan fingerprint density at radius 3 is 3.14 bits per heavy atom. The fraction of sp³-hybridized carbons (Fsp3) is 0.357. The van der Waals surface area contributed by atoms with Gasteiger partial charge in [-0.05, 0) is 42.8 Å². The van der Waals surface area contributed by atoms with Crippen molar-refractivity contribution in [1.29, 1.82) is 0 Å². The van der Waals surface area contributed by atoms with Crippen molar-refractivity contribution < 1.29 is 14.6 Å². The van der Waals surface area contributed by atoms with Gasteiger partial charge in [0.2, 0.25) is 0 Å². The molecule has 2 heterocycles. The predicted molar refractivity (Wildman–Crippen MR) is 77.8 cm³/mol. The van der Waals surface area contributed by atoms with E-state index in [4.69, 9.17) is 22.1 Å². The second-order valence-electron chi connectivity index (χ2n) is 4.98. The van der Waals surface area contributed by atoms with Crippen LogP contribution >= 0.6 is 12.2 Å². The molecule has 0 spiro atoms. The summed E-state index contributed by atoms with van der Waals surface area (Å²) in [7, 11) is 0. The fourth-order valence-corrected chi connectivity index (χ4v) is 2.70.